The third-order valence-corrected chi connectivity index (χ3v) is 6.13. The molecule has 0 saturated carbocycles. The number of hydrogen-bond donors (Lipinski definition) is 3. The van der Waals surface area contributed by atoms with Gasteiger partial charge in [0.1, 0.15) is 11.3 Å². The van der Waals surface area contributed by atoms with Crippen molar-refractivity contribution < 1.29 is 28.6 Å². The number of aromatic nitrogens is 1. The van der Waals surface area contributed by atoms with E-state index in [0.717, 1.165) is 24.9 Å². The fourth-order valence-corrected chi connectivity index (χ4v) is 4.14. The van der Waals surface area contributed by atoms with Gasteiger partial charge in [-0.25, -0.2) is 4.39 Å². The standard InChI is InChI=1S/C27H28FN3O5/c1-35-23-9-8-21(32)24(25(23)28)26(33)18-6-4-17(5-7-18)16-36-22-3-2-12-30-15-20(22)31-27(34)19-10-13-29-14-11-19/h4-11,13-14,20,22,30,32H,2-3,12,15-16H2,1H3,(H,31,34)/t20-,22-/m1/s1. The number of carbonyl (C=O) groups excluding carboxylic acids is 2. The number of phenols is 1. The molecular formula is C27H28FN3O5. The summed E-state index contributed by atoms with van der Waals surface area (Å²) in [4.78, 5) is 29.4. The molecule has 2 atom stereocenters. The molecule has 9 heteroatoms. The van der Waals surface area contributed by atoms with E-state index in [0.29, 0.717) is 12.1 Å². The first kappa shape index (κ1) is 25.3. The lowest BCUT2D eigenvalue weighted by atomic mass is 10.0. The first-order valence-electron chi connectivity index (χ1n) is 11.7. The van der Waals surface area contributed by atoms with Crippen molar-refractivity contribution in [1.82, 2.24) is 15.6 Å². The van der Waals surface area contributed by atoms with Crippen molar-refractivity contribution in [3.8, 4) is 11.5 Å². The number of amides is 1. The van der Waals surface area contributed by atoms with Gasteiger partial charge in [-0.2, -0.15) is 0 Å². The molecule has 1 aliphatic heterocycles. The van der Waals surface area contributed by atoms with Crippen LogP contribution in [0.1, 0.15) is 44.7 Å². The number of carbonyl (C=O) groups is 2. The number of pyridine rings is 1. The average Bonchev–Trinajstić information content (AvgIpc) is 3.13. The van der Waals surface area contributed by atoms with Crippen LogP contribution in [0.15, 0.2) is 60.9 Å². The average molecular weight is 494 g/mol. The highest BCUT2D eigenvalue weighted by atomic mass is 19.1. The maximum atomic E-state index is 14.6. The Morgan fingerprint density at radius 3 is 2.58 bits per heavy atom. The summed E-state index contributed by atoms with van der Waals surface area (Å²) in [5.74, 6) is -2.31. The Labute approximate surface area is 208 Å². The van der Waals surface area contributed by atoms with E-state index < -0.39 is 22.9 Å². The van der Waals surface area contributed by atoms with Crippen molar-refractivity contribution in [2.45, 2.75) is 31.6 Å². The number of nitrogens with one attached hydrogen (secondary N) is 2. The lowest BCUT2D eigenvalue weighted by Crippen LogP contribution is -2.48. The molecule has 188 valence electrons. The second-order valence-corrected chi connectivity index (χ2v) is 8.51. The highest BCUT2D eigenvalue weighted by molar-refractivity contribution is 6.11. The first-order chi connectivity index (χ1) is 17.5. The third kappa shape index (κ3) is 5.87. The van der Waals surface area contributed by atoms with Crippen molar-refractivity contribution in [1.29, 1.82) is 0 Å². The summed E-state index contributed by atoms with van der Waals surface area (Å²) in [7, 11) is 1.29. The van der Waals surface area contributed by atoms with E-state index in [-0.39, 0.29) is 36.0 Å². The fourth-order valence-electron chi connectivity index (χ4n) is 4.14. The highest BCUT2D eigenvalue weighted by Gasteiger charge is 2.27. The molecule has 1 aliphatic rings. The summed E-state index contributed by atoms with van der Waals surface area (Å²) in [6.07, 6.45) is 4.64. The van der Waals surface area contributed by atoms with Gasteiger partial charge in [0.25, 0.3) is 5.91 Å². The molecule has 4 rings (SSSR count). The molecule has 3 aromatic rings. The van der Waals surface area contributed by atoms with Gasteiger partial charge in [-0.05, 0) is 49.2 Å². The molecular weight excluding hydrogens is 465 g/mol. The van der Waals surface area contributed by atoms with E-state index >= 15 is 0 Å². The summed E-state index contributed by atoms with van der Waals surface area (Å²) < 4.78 is 25.7. The third-order valence-electron chi connectivity index (χ3n) is 6.13. The number of methoxy groups -OCH3 is 1. The number of hydrogen-bond acceptors (Lipinski definition) is 7. The first-order valence-corrected chi connectivity index (χ1v) is 11.7. The van der Waals surface area contributed by atoms with Gasteiger partial charge in [-0.3, -0.25) is 14.6 Å². The number of aromatic hydroxyl groups is 1. The van der Waals surface area contributed by atoms with Gasteiger partial charge in [0, 0.05) is 30.1 Å². The molecule has 1 saturated heterocycles. The van der Waals surface area contributed by atoms with Crippen LogP contribution < -0.4 is 15.4 Å². The number of nitrogens with zero attached hydrogens (tertiary/aromatic N) is 1. The lowest BCUT2D eigenvalue weighted by molar-refractivity contribution is 0.0135. The van der Waals surface area contributed by atoms with Crippen LogP contribution in [0.3, 0.4) is 0 Å². The Balaban J connectivity index is 1.41. The minimum Gasteiger partial charge on any atom is -0.507 e. The SMILES string of the molecule is COc1ccc(O)c(C(=O)c2ccc(CO[C@@H]3CCCNC[C@H]3NC(=O)c3ccncc3)cc2)c1F. The van der Waals surface area contributed by atoms with Crippen molar-refractivity contribution in [3.05, 3.63) is 89.0 Å². The Morgan fingerprint density at radius 1 is 1.11 bits per heavy atom. The minimum atomic E-state index is -0.906. The topological polar surface area (TPSA) is 110 Å². The van der Waals surface area contributed by atoms with Crippen molar-refractivity contribution in [2.24, 2.45) is 0 Å². The van der Waals surface area contributed by atoms with Crippen LogP contribution in [0, 0.1) is 5.82 Å². The summed E-state index contributed by atoms with van der Waals surface area (Å²) >= 11 is 0. The summed E-state index contributed by atoms with van der Waals surface area (Å²) in [5.41, 5.74) is 1.14. The van der Waals surface area contributed by atoms with E-state index in [1.807, 2.05) is 0 Å². The number of phenolic OH excluding ortho intramolecular Hbond substituents is 1. The number of halogens is 1. The molecule has 8 nitrogen and oxygen atoms in total. The van der Waals surface area contributed by atoms with Gasteiger partial charge >= 0.3 is 0 Å². The molecule has 2 heterocycles. The minimum absolute atomic E-state index is 0.121. The molecule has 0 aliphatic carbocycles. The van der Waals surface area contributed by atoms with Gasteiger partial charge in [0.15, 0.2) is 17.3 Å². The van der Waals surface area contributed by atoms with Gasteiger partial charge in [-0.15, -0.1) is 0 Å². The zero-order chi connectivity index (χ0) is 25.5. The van der Waals surface area contributed by atoms with Crippen molar-refractivity contribution >= 4 is 11.7 Å². The molecule has 2 aromatic carbocycles. The van der Waals surface area contributed by atoms with Crippen molar-refractivity contribution in [3.63, 3.8) is 0 Å². The molecule has 0 bridgehead atoms. The van der Waals surface area contributed by atoms with E-state index in [2.05, 4.69) is 15.6 Å². The molecule has 0 radical (unpaired) electrons. The highest BCUT2D eigenvalue weighted by Crippen LogP contribution is 2.30. The van der Waals surface area contributed by atoms with Gasteiger partial charge in [0.05, 0.1) is 25.9 Å². The van der Waals surface area contributed by atoms with E-state index in [4.69, 9.17) is 9.47 Å². The number of benzene rings is 2. The quantitative estimate of drug-likeness (QED) is 0.413. The Kier molecular flexibility index (Phi) is 8.24. The van der Waals surface area contributed by atoms with Crippen LogP contribution in [0.5, 0.6) is 11.5 Å². The molecule has 1 fully saturated rings. The smallest absolute Gasteiger partial charge is 0.251 e. The molecule has 36 heavy (non-hydrogen) atoms. The molecule has 0 spiro atoms. The van der Waals surface area contributed by atoms with Crippen LogP contribution in [0.25, 0.3) is 0 Å². The maximum Gasteiger partial charge on any atom is 0.251 e. The monoisotopic (exact) mass is 493 g/mol. The van der Waals surface area contributed by atoms with Crippen LogP contribution in [0.2, 0.25) is 0 Å². The second-order valence-electron chi connectivity index (χ2n) is 8.51. The second kappa shape index (κ2) is 11.7. The lowest BCUT2D eigenvalue weighted by Gasteiger charge is -2.26. The summed E-state index contributed by atoms with van der Waals surface area (Å²) in [6.45, 7) is 1.70. The molecule has 0 unspecified atom stereocenters. The predicted octanol–water partition coefficient (Wildman–Crippen LogP) is 3.23. The number of rotatable bonds is 8. The molecule has 1 amide bonds. The molecule has 1 aromatic heterocycles. The number of ketones is 1. The fraction of sp³-hybridized carbons (Fsp3) is 0.296. The van der Waals surface area contributed by atoms with Gasteiger partial charge in [-0.1, -0.05) is 24.3 Å². The van der Waals surface area contributed by atoms with E-state index in [9.17, 15) is 19.1 Å². The summed E-state index contributed by atoms with van der Waals surface area (Å²) in [6, 6.07) is 12.2. The Hall–Kier alpha value is -3.82. The Bertz CT molecular complexity index is 1200. The maximum absolute atomic E-state index is 14.6. The normalized spacial score (nSPS) is 17.7. The summed E-state index contributed by atoms with van der Waals surface area (Å²) in [5, 5.41) is 16.4. The van der Waals surface area contributed by atoms with E-state index in [1.165, 1.54) is 19.2 Å². The predicted molar refractivity (Wildman–Crippen MR) is 131 cm³/mol. The van der Waals surface area contributed by atoms with Crippen LogP contribution in [-0.2, 0) is 11.3 Å². The largest absolute Gasteiger partial charge is 0.507 e. The van der Waals surface area contributed by atoms with Gasteiger partial charge in [0.2, 0.25) is 0 Å². The van der Waals surface area contributed by atoms with Crippen molar-refractivity contribution in [2.75, 3.05) is 20.2 Å². The van der Waals surface area contributed by atoms with E-state index in [1.54, 1.807) is 48.8 Å². The zero-order valence-corrected chi connectivity index (χ0v) is 19.9. The van der Waals surface area contributed by atoms with Gasteiger partial charge < -0.3 is 25.2 Å². The number of ether oxygens (including phenoxy) is 2. The van der Waals surface area contributed by atoms with Crippen LogP contribution in [0.4, 0.5) is 4.39 Å². The zero-order valence-electron chi connectivity index (χ0n) is 19.9. The molecule has 3 N–H and O–H groups in total. The van der Waals surface area contributed by atoms with Crippen LogP contribution >= 0.6 is 0 Å². The van der Waals surface area contributed by atoms with Crippen LogP contribution in [-0.4, -0.2) is 54.1 Å². The Morgan fingerprint density at radius 2 is 1.86 bits per heavy atom.